The van der Waals surface area contributed by atoms with Crippen molar-refractivity contribution in [2.75, 3.05) is 0 Å². The van der Waals surface area contributed by atoms with Gasteiger partial charge in [0.25, 0.3) is 0 Å². The molecule has 0 heterocycles. The lowest BCUT2D eigenvalue weighted by Crippen LogP contribution is -2.05. The highest BCUT2D eigenvalue weighted by Crippen LogP contribution is 2.60. The monoisotopic (exact) mass is 278 g/mol. The molecule has 0 nitrogen and oxygen atoms in total. The van der Waals surface area contributed by atoms with Crippen molar-refractivity contribution in [2.45, 2.75) is 58.3 Å². The Balaban J connectivity index is 1.82. The molecule has 0 saturated carbocycles. The molecule has 0 radical (unpaired) electrons. The summed E-state index contributed by atoms with van der Waals surface area (Å²) in [6.07, 6.45) is 12.8. The highest BCUT2D eigenvalue weighted by atomic mass is 14.5. The quantitative estimate of drug-likeness (QED) is 0.589. The van der Waals surface area contributed by atoms with Crippen molar-refractivity contribution in [3.8, 4) is 0 Å². The summed E-state index contributed by atoms with van der Waals surface area (Å²) in [6.45, 7) is 4.64. The van der Waals surface area contributed by atoms with Crippen LogP contribution in [0.4, 0.5) is 0 Å². The summed E-state index contributed by atoms with van der Waals surface area (Å²) in [5.74, 6) is 2.21. The lowest BCUT2D eigenvalue weighted by Gasteiger charge is -2.19. The molecular formula is C21H26. The molecule has 3 aliphatic carbocycles. The van der Waals surface area contributed by atoms with Gasteiger partial charge >= 0.3 is 0 Å². The third-order valence-electron chi connectivity index (χ3n) is 5.75. The third-order valence-corrected chi connectivity index (χ3v) is 5.75. The van der Waals surface area contributed by atoms with Gasteiger partial charge in [0.1, 0.15) is 0 Å². The number of hydrogen-bond acceptors (Lipinski definition) is 0. The number of hydrogen-bond donors (Lipinski definition) is 0. The molecule has 0 saturated heterocycles. The van der Waals surface area contributed by atoms with E-state index < -0.39 is 0 Å². The van der Waals surface area contributed by atoms with E-state index in [4.69, 9.17) is 0 Å². The van der Waals surface area contributed by atoms with Crippen LogP contribution in [0.5, 0.6) is 0 Å². The summed E-state index contributed by atoms with van der Waals surface area (Å²) in [5.41, 5.74) is 8.53. The first-order valence-electron chi connectivity index (χ1n) is 8.89. The minimum Gasteiger partial charge on any atom is -0.0807 e. The molecule has 3 aliphatic rings. The average Bonchev–Trinajstić information content (AvgIpc) is 3.18. The number of aryl methyl sites for hydroxylation is 1. The molecule has 0 heteroatoms. The van der Waals surface area contributed by atoms with E-state index in [1.807, 2.05) is 5.57 Å². The molecule has 0 amide bonds. The van der Waals surface area contributed by atoms with Gasteiger partial charge in [-0.25, -0.2) is 0 Å². The molecule has 3 atom stereocenters. The molecule has 0 fully saturated rings. The van der Waals surface area contributed by atoms with Crippen LogP contribution < -0.4 is 0 Å². The summed E-state index contributed by atoms with van der Waals surface area (Å²) >= 11 is 0. The molecule has 4 rings (SSSR count). The Hall–Kier alpha value is -1.30. The minimum atomic E-state index is 0.724. The highest BCUT2D eigenvalue weighted by molar-refractivity contribution is 5.86. The molecule has 21 heavy (non-hydrogen) atoms. The number of fused-ring (bicyclic) bond motifs is 6. The fourth-order valence-electron chi connectivity index (χ4n) is 4.91. The van der Waals surface area contributed by atoms with Crippen molar-refractivity contribution in [1.82, 2.24) is 0 Å². The zero-order chi connectivity index (χ0) is 14.4. The molecule has 0 spiro atoms. The van der Waals surface area contributed by atoms with Gasteiger partial charge < -0.3 is 0 Å². The van der Waals surface area contributed by atoms with E-state index in [2.05, 4.69) is 44.2 Å². The molecule has 0 N–H and O–H groups in total. The van der Waals surface area contributed by atoms with Crippen LogP contribution in [0.1, 0.15) is 68.6 Å². The normalized spacial score (nSPS) is 28.4. The van der Waals surface area contributed by atoms with Gasteiger partial charge in [0.15, 0.2) is 0 Å². The van der Waals surface area contributed by atoms with E-state index in [-0.39, 0.29) is 0 Å². The van der Waals surface area contributed by atoms with Gasteiger partial charge in [-0.1, -0.05) is 62.6 Å². The minimum absolute atomic E-state index is 0.724. The lowest BCUT2D eigenvalue weighted by atomic mass is 9.84. The molecule has 110 valence electrons. The van der Waals surface area contributed by atoms with Crippen molar-refractivity contribution < 1.29 is 0 Å². The number of allylic oxidation sites excluding steroid dienone is 4. The average molecular weight is 278 g/mol. The van der Waals surface area contributed by atoms with Gasteiger partial charge in [-0.15, -0.1) is 0 Å². The van der Waals surface area contributed by atoms with E-state index in [0.29, 0.717) is 0 Å². The predicted molar refractivity (Wildman–Crippen MR) is 90.4 cm³/mol. The van der Waals surface area contributed by atoms with E-state index in [0.717, 1.165) is 17.8 Å². The van der Waals surface area contributed by atoms with Crippen molar-refractivity contribution in [1.29, 1.82) is 0 Å². The van der Waals surface area contributed by atoms with Crippen molar-refractivity contribution in [3.63, 3.8) is 0 Å². The van der Waals surface area contributed by atoms with Crippen LogP contribution in [0.15, 0.2) is 35.9 Å². The first-order valence-corrected chi connectivity index (χ1v) is 8.89. The maximum atomic E-state index is 2.49. The number of unbranched alkanes of at least 4 members (excludes halogenated alkanes) is 1. The zero-order valence-electron chi connectivity index (χ0n) is 13.4. The second kappa shape index (κ2) is 5.16. The van der Waals surface area contributed by atoms with Crippen LogP contribution in [0.25, 0.3) is 5.57 Å². The highest BCUT2D eigenvalue weighted by Gasteiger charge is 2.44. The van der Waals surface area contributed by atoms with Crippen LogP contribution in [0, 0.1) is 11.8 Å². The second-order valence-corrected chi connectivity index (χ2v) is 7.03. The van der Waals surface area contributed by atoms with Crippen LogP contribution in [-0.2, 0) is 6.42 Å². The van der Waals surface area contributed by atoms with Gasteiger partial charge in [-0.3, -0.25) is 0 Å². The maximum Gasteiger partial charge on any atom is 0.00663 e. The molecular weight excluding hydrogens is 252 g/mol. The molecule has 1 aromatic rings. The largest absolute Gasteiger partial charge is 0.0807 e. The van der Waals surface area contributed by atoms with Crippen molar-refractivity contribution in [3.05, 3.63) is 52.6 Å². The smallest absolute Gasteiger partial charge is 0.00663 e. The summed E-state index contributed by atoms with van der Waals surface area (Å²) in [7, 11) is 0. The van der Waals surface area contributed by atoms with Gasteiger partial charge in [0.05, 0.1) is 0 Å². The Bertz CT molecular complexity index is 617. The first-order chi connectivity index (χ1) is 10.3. The maximum absolute atomic E-state index is 2.49. The number of rotatable bonds is 5. The molecule has 0 aromatic heterocycles. The zero-order valence-corrected chi connectivity index (χ0v) is 13.4. The number of benzene rings is 1. The summed E-state index contributed by atoms with van der Waals surface area (Å²) in [6, 6.07) is 7.12. The lowest BCUT2D eigenvalue weighted by molar-refractivity contribution is 0.615. The van der Waals surface area contributed by atoms with Crippen LogP contribution in [-0.4, -0.2) is 0 Å². The Labute approximate surface area is 129 Å². The Morgan fingerprint density at radius 2 is 1.90 bits per heavy atom. The Morgan fingerprint density at radius 3 is 2.71 bits per heavy atom. The molecule has 3 unspecified atom stereocenters. The van der Waals surface area contributed by atoms with Gasteiger partial charge in [0, 0.05) is 11.8 Å². The van der Waals surface area contributed by atoms with Crippen LogP contribution in [0.3, 0.4) is 0 Å². The Kier molecular flexibility index (Phi) is 3.28. The fourth-order valence-corrected chi connectivity index (χ4v) is 4.91. The van der Waals surface area contributed by atoms with E-state index in [9.17, 15) is 0 Å². The van der Waals surface area contributed by atoms with Gasteiger partial charge in [-0.2, -0.15) is 0 Å². The standard InChI is InChI=1S/C21H26/c1-3-5-8-14-9-6-10-18-17(7-4-2)20-15-11-12-16(13-15)21(20)19(14)18/h6,9-12,15-17H,3-5,7-8,13H2,1-2H3. The predicted octanol–water partition coefficient (Wildman–Crippen LogP) is 5.89. The summed E-state index contributed by atoms with van der Waals surface area (Å²) in [4.78, 5) is 0. The summed E-state index contributed by atoms with van der Waals surface area (Å²) < 4.78 is 0. The Morgan fingerprint density at radius 1 is 1.05 bits per heavy atom. The van der Waals surface area contributed by atoms with Gasteiger partial charge in [-0.05, 0) is 53.9 Å². The fraction of sp³-hybridized carbons (Fsp3) is 0.524. The van der Waals surface area contributed by atoms with E-state index >= 15 is 0 Å². The molecule has 2 bridgehead atoms. The van der Waals surface area contributed by atoms with E-state index in [1.165, 1.54) is 38.5 Å². The van der Waals surface area contributed by atoms with Crippen LogP contribution >= 0.6 is 0 Å². The van der Waals surface area contributed by atoms with Gasteiger partial charge in [0.2, 0.25) is 0 Å². The molecule has 0 aliphatic heterocycles. The second-order valence-electron chi connectivity index (χ2n) is 7.03. The first kappa shape index (κ1) is 13.4. The summed E-state index contributed by atoms with van der Waals surface area (Å²) in [5, 5.41) is 0. The SMILES string of the molecule is CCCCc1cccc2c1C1=C(C3C=CC1C3)C2CCC. The van der Waals surface area contributed by atoms with Crippen molar-refractivity contribution >= 4 is 5.57 Å². The van der Waals surface area contributed by atoms with E-state index in [1.54, 1.807) is 22.3 Å². The van der Waals surface area contributed by atoms with Crippen molar-refractivity contribution in [2.24, 2.45) is 11.8 Å². The van der Waals surface area contributed by atoms with Crippen LogP contribution in [0.2, 0.25) is 0 Å². The third kappa shape index (κ3) is 1.88. The molecule has 1 aromatic carbocycles. The topological polar surface area (TPSA) is 0 Å².